The zero-order valence-electron chi connectivity index (χ0n) is 13.6. The van der Waals surface area contributed by atoms with Gasteiger partial charge in [-0.05, 0) is 32.4 Å². The minimum Gasteiger partial charge on any atom is -0.380 e. The highest BCUT2D eigenvalue weighted by Crippen LogP contribution is 2.09. The molecule has 1 rings (SSSR count). The summed E-state index contributed by atoms with van der Waals surface area (Å²) in [5.41, 5.74) is 5.90. The van der Waals surface area contributed by atoms with E-state index in [2.05, 4.69) is 11.8 Å². The predicted molar refractivity (Wildman–Crippen MR) is 87.1 cm³/mol. The summed E-state index contributed by atoms with van der Waals surface area (Å²) in [5, 5.41) is 0. The van der Waals surface area contributed by atoms with Gasteiger partial charge in [0.15, 0.2) is 0 Å². The van der Waals surface area contributed by atoms with Crippen molar-refractivity contribution in [2.75, 3.05) is 32.8 Å². The van der Waals surface area contributed by atoms with Crippen LogP contribution in [0.1, 0.15) is 71.1 Å². The van der Waals surface area contributed by atoms with Gasteiger partial charge in [-0.2, -0.15) is 0 Å². The van der Waals surface area contributed by atoms with Crippen LogP contribution in [0.2, 0.25) is 0 Å². The number of nitrogens with two attached hydrogens (primary N) is 1. The molecule has 2 N–H and O–H groups in total. The molecule has 0 spiro atoms. The third kappa shape index (κ3) is 9.73. The van der Waals surface area contributed by atoms with E-state index >= 15 is 0 Å². The molecule has 0 aromatic carbocycles. The summed E-state index contributed by atoms with van der Waals surface area (Å²) < 4.78 is 5.74. The van der Waals surface area contributed by atoms with Crippen molar-refractivity contribution < 1.29 is 4.74 Å². The van der Waals surface area contributed by atoms with Crippen molar-refractivity contribution in [3.63, 3.8) is 0 Å². The average Bonchev–Trinajstić information content (AvgIpc) is 2.47. The third-order valence-electron chi connectivity index (χ3n) is 4.33. The highest BCUT2D eigenvalue weighted by molar-refractivity contribution is 4.73. The Balaban J connectivity index is 1.74. The number of unbranched alkanes of at least 4 members (excludes halogenated alkanes) is 7. The number of nitrogens with zero attached hydrogens (tertiary/aromatic N) is 1. The maximum absolute atomic E-state index is 5.90. The fourth-order valence-corrected chi connectivity index (χ4v) is 2.81. The van der Waals surface area contributed by atoms with Gasteiger partial charge >= 0.3 is 0 Å². The molecular weight excluding hydrogens is 248 g/mol. The third-order valence-corrected chi connectivity index (χ3v) is 4.33. The van der Waals surface area contributed by atoms with E-state index in [0.717, 1.165) is 45.7 Å². The van der Waals surface area contributed by atoms with Gasteiger partial charge in [-0.3, -0.25) is 0 Å². The van der Waals surface area contributed by atoms with E-state index in [0.29, 0.717) is 6.04 Å². The number of rotatable bonds is 12. The molecule has 0 atom stereocenters. The largest absolute Gasteiger partial charge is 0.380 e. The van der Waals surface area contributed by atoms with E-state index in [1.807, 2.05) is 0 Å². The highest BCUT2D eigenvalue weighted by atomic mass is 16.5. The summed E-state index contributed by atoms with van der Waals surface area (Å²) in [5.74, 6) is 0. The fourth-order valence-electron chi connectivity index (χ4n) is 2.81. The molecule has 0 amide bonds. The van der Waals surface area contributed by atoms with Gasteiger partial charge in [0, 0.05) is 19.2 Å². The molecule has 0 unspecified atom stereocenters. The smallest absolute Gasteiger partial charge is 0.0593 e. The van der Waals surface area contributed by atoms with Crippen LogP contribution in [0.4, 0.5) is 0 Å². The Morgan fingerprint density at radius 2 is 1.50 bits per heavy atom. The van der Waals surface area contributed by atoms with E-state index in [9.17, 15) is 0 Å². The molecule has 0 aromatic heterocycles. The first-order valence-corrected chi connectivity index (χ1v) is 8.88. The topological polar surface area (TPSA) is 38.5 Å². The maximum Gasteiger partial charge on any atom is 0.0593 e. The van der Waals surface area contributed by atoms with Crippen LogP contribution in [0, 0.1) is 0 Å². The molecule has 20 heavy (non-hydrogen) atoms. The molecule has 1 aliphatic heterocycles. The van der Waals surface area contributed by atoms with Gasteiger partial charge in [0.05, 0.1) is 6.61 Å². The second kappa shape index (κ2) is 12.6. The van der Waals surface area contributed by atoms with E-state index < -0.39 is 0 Å². The van der Waals surface area contributed by atoms with Crippen molar-refractivity contribution in [2.24, 2.45) is 5.73 Å². The van der Waals surface area contributed by atoms with Crippen LogP contribution in [-0.4, -0.2) is 43.8 Å². The summed E-state index contributed by atoms with van der Waals surface area (Å²) in [7, 11) is 0. The molecule has 0 radical (unpaired) electrons. The van der Waals surface area contributed by atoms with Crippen molar-refractivity contribution in [1.29, 1.82) is 0 Å². The van der Waals surface area contributed by atoms with Crippen molar-refractivity contribution >= 4 is 0 Å². The SMILES string of the molecule is CCCCCCCCCCOCCN1CCC(N)CC1. The van der Waals surface area contributed by atoms with Crippen molar-refractivity contribution in [2.45, 2.75) is 77.2 Å². The maximum atomic E-state index is 5.90. The van der Waals surface area contributed by atoms with E-state index in [-0.39, 0.29) is 0 Å². The Morgan fingerprint density at radius 3 is 2.15 bits per heavy atom. The Bertz CT molecular complexity index is 203. The molecule has 1 heterocycles. The van der Waals surface area contributed by atoms with Gasteiger partial charge in [-0.1, -0.05) is 51.9 Å². The predicted octanol–water partition coefficient (Wildman–Crippen LogP) is 3.57. The van der Waals surface area contributed by atoms with Gasteiger partial charge in [0.2, 0.25) is 0 Å². The van der Waals surface area contributed by atoms with Crippen molar-refractivity contribution in [3.05, 3.63) is 0 Å². The first kappa shape index (κ1) is 17.9. The molecule has 1 saturated heterocycles. The van der Waals surface area contributed by atoms with Gasteiger partial charge in [0.1, 0.15) is 0 Å². The Kier molecular flexibility index (Phi) is 11.3. The monoisotopic (exact) mass is 284 g/mol. The number of hydrogen-bond acceptors (Lipinski definition) is 3. The molecule has 0 bridgehead atoms. The summed E-state index contributed by atoms with van der Waals surface area (Å²) >= 11 is 0. The van der Waals surface area contributed by atoms with Crippen LogP contribution in [0.15, 0.2) is 0 Å². The van der Waals surface area contributed by atoms with Gasteiger partial charge < -0.3 is 15.4 Å². The van der Waals surface area contributed by atoms with Crippen LogP contribution in [0.5, 0.6) is 0 Å². The van der Waals surface area contributed by atoms with Crippen molar-refractivity contribution in [1.82, 2.24) is 4.90 Å². The van der Waals surface area contributed by atoms with Crippen LogP contribution in [0.3, 0.4) is 0 Å². The first-order valence-electron chi connectivity index (χ1n) is 8.88. The lowest BCUT2D eigenvalue weighted by atomic mass is 10.1. The number of ether oxygens (including phenoxy) is 1. The van der Waals surface area contributed by atoms with E-state index in [4.69, 9.17) is 10.5 Å². The van der Waals surface area contributed by atoms with Crippen molar-refractivity contribution in [3.8, 4) is 0 Å². The second-order valence-electron chi connectivity index (χ2n) is 6.27. The van der Waals surface area contributed by atoms with Crippen LogP contribution in [0.25, 0.3) is 0 Å². The fraction of sp³-hybridized carbons (Fsp3) is 1.00. The second-order valence-corrected chi connectivity index (χ2v) is 6.27. The summed E-state index contributed by atoms with van der Waals surface area (Å²) in [6.07, 6.45) is 13.3. The average molecular weight is 284 g/mol. The summed E-state index contributed by atoms with van der Waals surface area (Å²) in [6, 6.07) is 0.435. The minimum absolute atomic E-state index is 0.435. The summed E-state index contributed by atoms with van der Waals surface area (Å²) in [4.78, 5) is 2.48. The number of likely N-dealkylation sites (tertiary alicyclic amines) is 1. The molecular formula is C17H36N2O. The standard InChI is InChI=1S/C17H36N2O/c1-2-3-4-5-6-7-8-9-15-20-16-14-19-12-10-17(18)11-13-19/h17H,2-16,18H2,1H3. The summed E-state index contributed by atoms with van der Waals surface area (Å²) in [6.45, 7) is 7.51. The zero-order valence-corrected chi connectivity index (χ0v) is 13.6. The number of hydrogen-bond donors (Lipinski definition) is 1. The quantitative estimate of drug-likeness (QED) is 0.557. The first-order chi connectivity index (χ1) is 9.83. The molecule has 1 aliphatic rings. The van der Waals surface area contributed by atoms with Crippen LogP contribution < -0.4 is 5.73 Å². The molecule has 3 heteroatoms. The minimum atomic E-state index is 0.435. The van der Waals surface area contributed by atoms with Gasteiger partial charge in [0.25, 0.3) is 0 Å². The Morgan fingerprint density at radius 1 is 0.900 bits per heavy atom. The van der Waals surface area contributed by atoms with Crippen LogP contribution in [-0.2, 0) is 4.74 Å². The van der Waals surface area contributed by atoms with Gasteiger partial charge in [-0.25, -0.2) is 0 Å². The van der Waals surface area contributed by atoms with Gasteiger partial charge in [-0.15, -0.1) is 0 Å². The lowest BCUT2D eigenvalue weighted by molar-refractivity contribution is 0.0915. The van der Waals surface area contributed by atoms with E-state index in [1.54, 1.807) is 0 Å². The molecule has 0 aliphatic carbocycles. The number of piperidine rings is 1. The normalized spacial score (nSPS) is 17.7. The zero-order chi connectivity index (χ0) is 14.5. The molecule has 3 nitrogen and oxygen atoms in total. The van der Waals surface area contributed by atoms with Crippen LogP contribution >= 0.6 is 0 Å². The van der Waals surface area contributed by atoms with E-state index in [1.165, 1.54) is 51.4 Å². The Hall–Kier alpha value is -0.120. The molecule has 0 saturated carbocycles. The molecule has 120 valence electrons. The highest BCUT2D eigenvalue weighted by Gasteiger charge is 2.14. The molecule has 0 aromatic rings. The lowest BCUT2D eigenvalue weighted by Crippen LogP contribution is -2.41. The molecule has 1 fully saturated rings. The Labute approximate surface area is 126 Å². The lowest BCUT2D eigenvalue weighted by Gasteiger charge is -2.29.